The number of rotatable bonds is 4. The highest BCUT2D eigenvalue weighted by molar-refractivity contribution is 7.71. The number of carbonyl (C=O) groups excluding carboxylic acids is 1. The second-order valence-corrected chi connectivity index (χ2v) is 7.54. The molecule has 0 radical (unpaired) electrons. The first kappa shape index (κ1) is 16.4. The van der Waals surface area contributed by atoms with Gasteiger partial charge in [0.1, 0.15) is 4.70 Å². The first-order valence-electron chi connectivity index (χ1n) is 8.06. The molecule has 2 atom stereocenters. The summed E-state index contributed by atoms with van der Waals surface area (Å²) < 4.78 is 2.51. The molecule has 7 heteroatoms. The summed E-state index contributed by atoms with van der Waals surface area (Å²) in [6.07, 6.45) is 4.92. The van der Waals surface area contributed by atoms with E-state index in [1.165, 1.54) is 35.2 Å². The van der Waals surface area contributed by atoms with E-state index in [4.69, 9.17) is 12.2 Å². The van der Waals surface area contributed by atoms with E-state index in [1.54, 1.807) is 0 Å². The van der Waals surface area contributed by atoms with Crippen LogP contribution in [0.3, 0.4) is 0 Å². The molecule has 0 spiro atoms. The van der Waals surface area contributed by atoms with Crippen LogP contribution in [0.1, 0.15) is 39.0 Å². The standard InChI is InChI=1S/C16H21N3O2S2/c1-10-4-2-3-5-11(10)17-13(20)6-8-19-15(21)14-12(7-9-23-14)18-16(19)22/h7,9-11H,2-6,8H2,1H3,(H,17,20)(H,18,22)/t10-,11-/m0/s1. The van der Waals surface area contributed by atoms with Crippen LogP contribution in [0.2, 0.25) is 0 Å². The Labute approximate surface area is 143 Å². The third kappa shape index (κ3) is 3.55. The summed E-state index contributed by atoms with van der Waals surface area (Å²) in [5, 5.41) is 4.97. The Balaban J connectivity index is 1.67. The summed E-state index contributed by atoms with van der Waals surface area (Å²) in [7, 11) is 0. The van der Waals surface area contributed by atoms with Crippen molar-refractivity contribution in [2.24, 2.45) is 5.92 Å². The molecule has 2 aromatic heterocycles. The Morgan fingerprint density at radius 2 is 2.26 bits per heavy atom. The van der Waals surface area contributed by atoms with Gasteiger partial charge in [-0.05, 0) is 42.4 Å². The highest BCUT2D eigenvalue weighted by Gasteiger charge is 2.22. The predicted octanol–water partition coefficient (Wildman–Crippen LogP) is 3.21. The minimum Gasteiger partial charge on any atom is -0.353 e. The first-order valence-corrected chi connectivity index (χ1v) is 9.34. The van der Waals surface area contributed by atoms with Gasteiger partial charge in [-0.25, -0.2) is 0 Å². The van der Waals surface area contributed by atoms with E-state index in [9.17, 15) is 9.59 Å². The zero-order valence-corrected chi connectivity index (χ0v) is 14.8. The van der Waals surface area contributed by atoms with Gasteiger partial charge in [-0.15, -0.1) is 11.3 Å². The van der Waals surface area contributed by atoms with E-state index < -0.39 is 0 Å². The molecular formula is C16H21N3O2S2. The number of hydrogen-bond acceptors (Lipinski definition) is 4. The average molecular weight is 351 g/mol. The molecule has 2 N–H and O–H groups in total. The molecule has 2 aromatic rings. The lowest BCUT2D eigenvalue weighted by Crippen LogP contribution is -2.41. The lowest BCUT2D eigenvalue weighted by atomic mass is 9.86. The maximum absolute atomic E-state index is 12.4. The lowest BCUT2D eigenvalue weighted by molar-refractivity contribution is -0.122. The Hall–Kier alpha value is -1.47. The van der Waals surface area contributed by atoms with Gasteiger partial charge in [0, 0.05) is 19.0 Å². The minimum absolute atomic E-state index is 0.00340. The van der Waals surface area contributed by atoms with E-state index in [-0.39, 0.29) is 23.9 Å². The van der Waals surface area contributed by atoms with Crippen molar-refractivity contribution in [2.75, 3.05) is 0 Å². The number of hydrogen-bond donors (Lipinski definition) is 2. The SMILES string of the molecule is C[C@H]1CCCC[C@@H]1NC(=O)CCn1c(=S)[nH]c2ccsc2c1=O. The Kier molecular flexibility index (Phi) is 4.96. The van der Waals surface area contributed by atoms with Gasteiger partial charge >= 0.3 is 0 Å². The summed E-state index contributed by atoms with van der Waals surface area (Å²) in [4.78, 5) is 27.7. The van der Waals surface area contributed by atoms with Crippen molar-refractivity contribution >= 4 is 39.7 Å². The number of fused-ring (bicyclic) bond motifs is 1. The largest absolute Gasteiger partial charge is 0.353 e. The third-order valence-corrected chi connectivity index (χ3v) is 5.84. The molecular weight excluding hydrogens is 330 g/mol. The number of aromatic amines is 1. The molecule has 0 aromatic carbocycles. The topological polar surface area (TPSA) is 66.9 Å². The number of amides is 1. The number of aromatic nitrogens is 2. The summed E-state index contributed by atoms with van der Waals surface area (Å²) in [5.74, 6) is 0.525. The van der Waals surface area contributed by atoms with Crippen molar-refractivity contribution < 1.29 is 4.79 Å². The van der Waals surface area contributed by atoms with Crippen LogP contribution in [0.25, 0.3) is 10.2 Å². The molecule has 23 heavy (non-hydrogen) atoms. The van der Waals surface area contributed by atoms with Crippen molar-refractivity contribution in [3.05, 3.63) is 26.6 Å². The molecule has 0 aliphatic heterocycles. The van der Waals surface area contributed by atoms with Gasteiger partial charge in [-0.1, -0.05) is 19.8 Å². The van der Waals surface area contributed by atoms with Gasteiger partial charge in [0.2, 0.25) is 5.91 Å². The Morgan fingerprint density at radius 3 is 3.04 bits per heavy atom. The molecule has 0 bridgehead atoms. The second kappa shape index (κ2) is 6.97. The van der Waals surface area contributed by atoms with E-state index in [1.807, 2.05) is 11.4 Å². The first-order chi connectivity index (χ1) is 11.1. The van der Waals surface area contributed by atoms with Gasteiger partial charge < -0.3 is 10.3 Å². The van der Waals surface area contributed by atoms with Crippen LogP contribution in [-0.4, -0.2) is 21.5 Å². The number of thiophene rings is 1. The van der Waals surface area contributed by atoms with Crippen LogP contribution in [0.15, 0.2) is 16.2 Å². The third-order valence-electron chi connectivity index (χ3n) is 4.61. The van der Waals surface area contributed by atoms with Crippen molar-refractivity contribution in [3.8, 4) is 0 Å². The summed E-state index contributed by atoms with van der Waals surface area (Å²) in [5.41, 5.74) is 0.652. The highest BCUT2D eigenvalue weighted by atomic mass is 32.1. The summed E-state index contributed by atoms with van der Waals surface area (Å²) >= 11 is 6.63. The molecule has 124 valence electrons. The maximum Gasteiger partial charge on any atom is 0.272 e. The van der Waals surface area contributed by atoms with E-state index >= 15 is 0 Å². The van der Waals surface area contributed by atoms with Gasteiger partial charge in [-0.2, -0.15) is 0 Å². The second-order valence-electron chi connectivity index (χ2n) is 6.24. The van der Waals surface area contributed by atoms with Crippen molar-refractivity contribution in [1.29, 1.82) is 0 Å². The van der Waals surface area contributed by atoms with Gasteiger partial charge in [0.25, 0.3) is 5.56 Å². The quantitative estimate of drug-likeness (QED) is 0.831. The molecule has 0 saturated heterocycles. The number of nitrogens with zero attached hydrogens (tertiary/aromatic N) is 1. The molecule has 1 fully saturated rings. The van der Waals surface area contributed by atoms with E-state index in [0.29, 0.717) is 21.9 Å². The predicted molar refractivity (Wildman–Crippen MR) is 95.4 cm³/mol. The van der Waals surface area contributed by atoms with Gasteiger partial charge in [-0.3, -0.25) is 14.2 Å². The van der Waals surface area contributed by atoms with Crippen molar-refractivity contribution in [2.45, 2.75) is 51.6 Å². The fraction of sp³-hybridized carbons (Fsp3) is 0.562. The summed E-state index contributed by atoms with van der Waals surface area (Å²) in [6.45, 7) is 2.50. The lowest BCUT2D eigenvalue weighted by Gasteiger charge is -2.29. The molecule has 1 aliphatic carbocycles. The number of carbonyl (C=O) groups is 1. The fourth-order valence-corrected chi connectivity index (χ4v) is 4.28. The Morgan fingerprint density at radius 1 is 1.48 bits per heavy atom. The monoisotopic (exact) mass is 351 g/mol. The van der Waals surface area contributed by atoms with Crippen LogP contribution in [0.5, 0.6) is 0 Å². The van der Waals surface area contributed by atoms with Gasteiger partial charge in [0.05, 0.1) is 5.52 Å². The average Bonchev–Trinajstić information content (AvgIpc) is 2.98. The number of H-pyrrole nitrogens is 1. The normalized spacial score (nSPS) is 21.4. The molecule has 1 amide bonds. The highest BCUT2D eigenvalue weighted by Crippen LogP contribution is 2.23. The fourth-order valence-electron chi connectivity index (χ4n) is 3.20. The van der Waals surface area contributed by atoms with Crippen LogP contribution in [0, 0.1) is 10.7 Å². The molecule has 5 nitrogen and oxygen atoms in total. The zero-order chi connectivity index (χ0) is 16.4. The molecule has 1 saturated carbocycles. The van der Waals surface area contributed by atoms with E-state index in [2.05, 4.69) is 17.2 Å². The summed E-state index contributed by atoms with van der Waals surface area (Å²) in [6, 6.07) is 2.11. The van der Waals surface area contributed by atoms with E-state index in [0.717, 1.165) is 11.9 Å². The smallest absolute Gasteiger partial charge is 0.272 e. The molecule has 1 aliphatic rings. The Bertz CT molecular complexity index is 821. The van der Waals surface area contributed by atoms with Crippen LogP contribution in [0.4, 0.5) is 0 Å². The van der Waals surface area contributed by atoms with Crippen LogP contribution in [-0.2, 0) is 11.3 Å². The molecule has 0 unspecified atom stereocenters. The maximum atomic E-state index is 12.4. The minimum atomic E-state index is -0.113. The van der Waals surface area contributed by atoms with Crippen LogP contribution >= 0.6 is 23.6 Å². The van der Waals surface area contributed by atoms with Gasteiger partial charge in [0.15, 0.2) is 4.77 Å². The molecule has 2 heterocycles. The van der Waals surface area contributed by atoms with Crippen LogP contribution < -0.4 is 10.9 Å². The number of nitrogens with one attached hydrogen (secondary N) is 2. The van der Waals surface area contributed by atoms with Crippen molar-refractivity contribution in [1.82, 2.24) is 14.9 Å². The molecule has 3 rings (SSSR count). The van der Waals surface area contributed by atoms with Crippen molar-refractivity contribution in [3.63, 3.8) is 0 Å². The zero-order valence-electron chi connectivity index (χ0n) is 13.1.